The Morgan fingerprint density at radius 3 is 2.26 bits per heavy atom. The van der Waals surface area contributed by atoms with Gasteiger partial charge in [-0.15, -0.1) is 0 Å². The van der Waals surface area contributed by atoms with Crippen LogP contribution in [0.2, 0.25) is 5.02 Å². The van der Waals surface area contributed by atoms with Crippen LogP contribution in [0.4, 0.5) is 10.1 Å². The van der Waals surface area contributed by atoms with E-state index in [2.05, 4.69) is 5.32 Å². The molecule has 0 saturated carbocycles. The highest BCUT2D eigenvalue weighted by Gasteiger charge is 2.27. The summed E-state index contributed by atoms with van der Waals surface area (Å²) < 4.78 is 39.0. The summed E-state index contributed by atoms with van der Waals surface area (Å²) in [5.41, 5.74) is 1.02. The highest BCUT2D eigenvalue weighted by molar-refractivity contribution is 7.92. The molecule has 2 amide bonds. The third-order valence-corrected chi connectivity index (χ3v) is 6.98. The van der Waals surface area contributed by atoms with Crippen molar-refractivity contribution < 1.29 is 22.4 Å². The van der Waals surface area contributed by atoms with Crippen molar-refractivity contribution in [2.45, 2.75) is 46.2 Å². The molecule has 0 spiro atoms. The molecule has 0 radical (unpaired) electrons. The number of nitrogens with one attached hydrogen (secondary N) is 1. The van der Waals surface area contributed by atoms with Gasteiger partial charge >= 0.3 is 0 Å². The van der Waals surface area contributed by atoms with Gasteiger partial charge in [-0.2, -0.15) is 0 Å². The zero-order chi connectivity index (χ0) is 26.2. The van der Waals surface area contributed by atoms with E-state index in [1.165, 1.54) is 29.2 Å². The average Bonchev–Trinajstić information content (AvgIpc) is 2.79. The topological polar surface area (TPSA) is 86.8 Å². The van der Waals surface area contributed by atoms with Crippen molar-refractivity contribution in [3.8, 4) is 0 Å². The molecule has 10 heteroatoms. The molecule has 2 aromatic carbocycles. The number of carbonyl (C=O) groups is 2. The lowest BCUT2D eigenvalue weighted by Crippen LogP contribution is -2.48. The van der Waals surface area contributed by atoms with Crippen LogP contribution in [-0.2, 0) is 26.2 Å². The maximum Gasteiger partial charge on any atom is 0.242 e. The molecule has 1 atom stereocenters. The quantitative estimate of drug-likeness (QED) is 0.449. The Bertz CT molecular complexity index is 1110. The summed E-state index contributed by atoms with van der Waals surface area (Å²) in [7, 11) is -3.64. The number of nitrogens with zero attached hydrogens (tertiary/aromatic N) is 2. The average molecular weight is 526 g/mol. The molecule has 0 aromatic heterocycles. The van der Waals surface area contributed by atoms with Gasteiger partial charge in [0.2, 0.25) is 21.8 Å². The number of anilines is 1. The van der Waals surface area contributed by atoms with Gasteiger partial charge in [0.15, 0.2) is 0 Å². The third-order valence-electron chi connectivity index (χ3n) is 5.42. The van der Waals surface area contributed by atoms with E-state index in [0.29, 0.717) is 22.8 Å². The first-order chi connectivity index (χ1) is 16.4. The van der Waals surface area contributed by atoms with Crippen LogP contribution in [0.5, 0.6) is 0 Å². The second-order valence-corrected chi connectivity index (χ2v) is 11.2. The zero-order valence-corrected chi connectivity index (χ0v) is 22.1. The lowest BCUT2D eigenvalue weighted by atomic mass is 10.1. The third kappa shape index (κ3) is 8.81. The molecule has 35 heavy (non-hydrogen) atoms. The Morgan fingerprint density at radius 2 is 1.69 bits per heavy atom. The molecule has 0 aliphatic carbocycles. The van der Waals surface area contributed by atoms with E-state index in [-0.39, 0.29) is 43.7 Å². The maximum atomic E-state index is 13.3. The lowest BCUT2D eigenvalue weighted by Gasteiger charge is -2.30. The monoisotopic (exact) mass is 525 g/mol. The summed E-state index contributed by atoms with van der Waals surface area (Å²) in [6, 6.07) is 11.5. The Morgan fingerprint density at radius 1 is 1.06 bits per heavy atom. The Kier molecular flexibility index (Phi) is 10.5. The first-order valence-electron chi connectivity index (χ1n) is 11.4. The van der Waals surface area contributed by atoms with Crippen molar-refractivity contribution in [1.82, 2.24) is 10.2 Å². The summed E-state index contributed by atoms with van der Waals surface area (Å²) in [4.78, 5) is 27.4. The number of amides is 2. The number of benzene rings is 2. The van der Waals surface area contributed by atoms with Crippen molar-refractivity contribution in [1.29, 1.82) is 0 Å². The molecule has 0 heterocycles. The van der Waals surface area contributed by atoms with Crippen LogP contribution in [0.3, 0.4) is 0 Å². The van der Waals surface area contributed by atoms with Gasteiger partial charge in [0.05, 0.1) is 11.9 Å². The summed E-state index contributed by atoms with van der Waals surface area (Å²) >= 11 is 6.30. The first kappa shape index (κ1) is 28.6. The molecule has 0 bridgehead atoms. The minimum Gasteiger partial charge on any atom is -0.354 e. The fourth-order valence-corrected chi connectivity index (χ4v) is 4.62. The fourth-order valence-electron chi connectivity index (χ4n) is 3.46. The Labute approximate surface area is 212 Å². The second kappa shape index (κ2) is 12.9. The molecule has 0 aliphatic rings. The molecule has 0 fully saturated rings. The first-order valence-corrected chi connectivity index (χ1v) is 13.7. The number of halogens is 2. The minimum absolute atomic E-state index is 0.0134. The van der Waals surface area contributed by atoms with Gasteiger partial charge in [-0.1, -0.05) is 43.6 Å². The van der Waals surface area contributed by atoms with Crippen LogP contribution in [0.25, 0.3) is 0 Å². The smallest absolute Gasteiger partial charge is 0.242 e. The molecule has 2 rings (SSSR count). The predicted octanol–water partition coefficient (Wildman–Crippen LogP) is 4.21. The largest absolute Gasteiger partial charge is 0.354 e. The van der Waals surface area contributed by atoms with Crippen LogP contribution in [0.1, 0.15) is 39.2 Å². The van der Waals surface area contributed by atoms with Gasteiger partial charge in [-0.3, -0.25) is 13.9 Å². The van der Waals surface area contributed by atoms with E-state index in [1.807, 2.05) is 13.8 Å². The van der Waals surface area contributed by atoms with Crippen molar-refractivity contribution in [2.24, 2.45) is 5.92 Å². The summed E-state index contributed by atoms with van der Waals surface area (Å²) in [5.74, 6) is -0.794. The van der Waals surface area contributed by atoms with Gasteiger partial charge in [-0.05, 0) is 55.2 Å². The number of carbonyl (C=O) groups excluding carboxylic acids is 2. The zero-order valence-electron chi connectivity index (χ0n) is 20.5. The van der Waals surface area contributed by atoms with Crippen LogP contribution in [0, 0.1) is 11.7 Å². The minimum atomic E-state index is -3.64. The summed E-state index contributed by atoms with van der Waals surface area (Å²) in [6.45, 7) is 6.27. The van der Waals surface area contributed by atoms with E-state index < -0.39 is 21.9 Å². The van der Waals surface area contributed by atoms with Gasteiger partial charge in [0.25, 0.3) is 0 Å². The Balaban J connectivity index is 2.16. The van der Waals surface area contributed by atoms with Crippen molar-refractivity contribution in [3.63, 3.8) is 0 Å². The molecule has 0 saturated heterocycles. The van der Waals surface area contributed by atoms with E-state index in [4.69, 9.17) is 11.6 Å². The molecule has 0 aliphatic heterocycles. The molecule has 1 N–H and O–H groups in total. The molecular weight excluding hydrogens is 493 g/mol. The van der Waals surface area contributed by atoms with Crippen LogP contribution in [-0.4, -0.2) is 50.5 Å². The van der Waals surface area contributed by atoms with Crippen LogP contribution >= 0.6 is 11.6 Å². The summed E-state index contributed by atoms with van der Waals surface area (Å²) in [6.07, 6.45) is 1.28. The predicted molar refractivity (Wildman–Crippen MR) is 137 cm³/mol. The van der Waals surface area contributed by atoms with Gasteiger partial charge < -0.3 is 10.2 Å². The fraction of sp³-hybridized carbons (Fsp3) is 0.440. The molecule has 0 unspecified atom stereocenters. The maximum absolute atomic E-state index is 13.3. The van der Waals surface area contributed by atoms with Gasteiger partial charge in [0.1, 0.15) is 11.9 Å². The normalized spacial score (nSPS) is 12.3. The molecule has 7 nitrogen and oxygen atoms in total. The number of hydrogen-bond acceptors (Lipinski definition) is 4. The number of rotatable bonds is 12. The summed E-state index contributed by atoms with van der Waals surface area (Å²) in [5, 5.41) is 3.34. The molecule has 192 valence electrons. The van der Waals surface area contributed by atoms with E-state index in [0.717, 1.165) is 10.6 Å². The van der Waals surface area contributed by atoms with Crippen molar-refractivity contribution in [3.05, 3.63) is 64.9 Å². The standard InChI is InChI=1S/C25H33ClFN3O4S/c1-18(2)16-28-25(32)19(3)29(17-20-8-5-6-9-23(20)26)24(31)10-7-15-30(35(4,33)34)22-13-11-21(27)12-14-22/h5-6,8-9,11-14,18-19H,7,10,15-17H2,1-4H3,(H,28,32)/t19-/m0/s1. The van der Waals surface area contributed by atoms with Crippen molar-refractivity contribution >= 4 is 39.1 Å². The molecule has 2 aromatic rings. The van der Waals surface area contributed by atoms with E-state index in [9.17, 15) is 22.4 Å². The SMILES string of the molecule is CC(C)CNC(=O)[C@H](C)N(Cc1ccccc1Cl)C(=O)CCCN(c1ccc(F)cc1)S(C)(=O)=O. The van der Waals surface area contributed by atoms with E-state index in [1.54, 1.807) is 31.2 Å². The number of hydrogen-bond donors (Lipinski definition) is 1. The van der Waals surface area contributed by atoms with Crippen LogP contribution < -0.4 is 9.62 Å². The van der Waals surface area contributed by atoms with Crippen LogP contribution in [0.15, 0.2) is 48.5 Å². The Hall–Kier alpha value is -2.65. The highest BCUT2D eigenvalue weighted by Crippen LogP contribution is 2.21. The van der Waals surface area contributed by atoms with Gasteiger partial charge in [-0.25, -0.2) is 12.8 Å². The highest BCUT2D eigenvalue weighted by atomic mass is 35.5. The number of sulfonamides is 1. The van der Waals surface area contributed by atoms with Gasteiger partial charge in [0, 0.05) is 31.1 Å². The van der Waals surface area contributed by atoms with Crippen molar-refractivity contribution in [2.75, 3.05) is 23.7 Å². The van der Waals surface area contributed by atoms with E-state index >= 15 is 0 Å². The second-order valence-electron chi connectivity index (χ2n) is 8.84. The molecular formula is C25H33ClFN3O4S. The lowest BCUT2D eigenvalue weighted by molar-refractivity contribution is -0.140.